The molecular formula is C26H46N2O. The van der Waals surface area contributed by atoms with E-state index in [1.54, 1.807) is 6.92 Å². The highest BCUT2D eigenvalue weighted by molar-refractivity contribution is 5.73. The minimum Gasteiger partial charge on any atom is -0.343 e. The Labute approximate surface area is 180 Å². The van der Waals surface area contributed by atoms with Crippen LogP contribution in [0.5, 0.6) is 0 Å². The summed E-state index contributed by atoms with van der Waals surface area (Å²) in [6, 6.07) is 1.18. The van der Waals surface area contributed by atoms with E-state index < -0.39 is 0 Å². The number of carbonyl (C=O) groups excluding carboxylic acids is 1. The second-order valence-electron chi connectivity index (χ2n) is 12.1. The quantitative estimate of drug-likeness (QED) is 0.627. The number of amides is 1. The minimum atomic E-state index is 0.226. The van der Waals surface area contributed by atoms with Gasteiger partial charge in [-0.25, -0.2) is 0 Å². The molecule has 0 aliphatic heterocycles. The summed E-state index contributed by atoms with van der Waals surface area (Å²) < 4.78 is 0. The summed E-state index contributed by atoms with van der Waals surface area (Å²) >= 11 is 0. The van der Waals surface area contributed by atoms with Gasteiger partial charge in [0, 0.05) is 26.1 Å². The second-order valence-corrected chi connectivity index (χ2v) is 12.1. The fraction of sp³-hybridized carbons (Fsp3) is 0.962. The average Bonchev–Trinajstić information content (AvgIpc) is 3.03. The molecule has 29 heavy (non-hydrogen) atoms. The molecule has 0 heterocycles. The first-order valence-electron chi connectivity index (χ1n) is 12.5. The topological polar surface area (TPSA) is 23.6 Å². The molecule has 4 aliphatic carbocycles. The van der Waals surface area contributed by atoms with Crippen LogP contribution in [0.25, 0.3) is 0 Å². The van der Waals surface area contributed by atoms with Crippen LogP contribution >= 0.6 is 0 Å². The first-order chi connectivity index (χ1) is 13.6. The Morgan fingerprint density at radius 3 is 2.21 bits per heavy atom. The van der Waals surface area contributed by atoms with Gasteiger partial charge in [0.15, 0.2) is 0 Å². The smallest absolute Gasteiger partial charge is 0.219 e. The van der Waals surface area contributed by atoms with Gasteiger partial charge in [0.05, 0.1) is 0 Å². The van der Waals surface area contributed by atoms with E-state index in [1.807, 2.05) is 11.9 Å². The Balaban J connectivity index is 1.53. The first-order valence-corrected chi connectivity index (χ1v) is 12.5. The fourth-order valence-corrected chi connectivity index (χ4v) is 9.09. The molecule has 0 bridgehead atoms. The zero-order chi connectivity index (χ0) is 21.1. The minimum absolute atomic E-state index is 0.226. The molecule has 0 N–H and O–H groups in total. The number of hydrogen-bond donors (Lipinski definition) is 0. The predicted molar refractivity (Wildman–Crippen MR) is 121 cm³/mol. The lowest BCUT2D eigenvalue weighted by atomic mass is 9.44. The maximum atomic E-state index is 12.0. The van der Waals surface area contributed by atoms with Gasteiger partial charge >= 0.3 is 0 Å². The molecule has 1 amide bonds. The first kappa shape index (κ1) is 21.7. The van der Waals surface area contributed by atoms with Crippen molar-refractivity contribution in [2.75, 3.05) is 21.1 Å². The van der Waals surface area contributed by atoms with Crippen molar-refractivity contribution in [2.45, 2.75) is 97.6 Å². The molecule has 0 aromatic heterocycles. The van der Waals surface area contributed by atoms with Gasteiger partial charge in [0.2, 0.25) is 5.91 Å². The molecule has 0 radical (unpaired) electrons. The third-order valence-electron chi connectivity index (χ3n) is 11.1. The Morgan fingerprint density at radius 2 is 1.55 bits per heavy atom. The molecule has 4 saturated carbocycles. The Kier molecular flexibility index (Phi) is 5.63. The third-order valence-corrected chi connectivity index (χ3v) is 11.1. The molecule has 0 saturated heterocycles. The van der Waals surface area contributed by atoms with Crippen molar-refractivity contribution in [3.63, 3.8) is 0 Å². The molecule has 166 valence electrons. The van der Waals surface area contributed by atoms with Crippen LogP contribution in [0.2, 0.25) is 0 Å². The summed E-state index contributed by atoms with van der Waals surface area (Å²) in [6.07, 6.45) is 12.7. The van der Waals surface area contributed by atoms with Gasteiger partial charge in [-0.1, -0.05) is 13.8 Å². The van der Waals surface area contributed by atoms with Gasteiger partial charge in [-0.3, -0.25) is 4.79 Å². The molecule has 3 nitrogen and oxygen atoms in total. The third kappa shape index (κ3) is 3.29. The van der Waals surface area contributed by atoms with Crippen molar-refractivity contribution < 1.29 is 4.79 Å². The molecule has 0 spiro atoms. The van der Waals surface area contributed by atoms with Crippen LogP contribution in [-0.4, -0.2) is 48.9 Å². The van der Waals surface area contributed by atoms with Crippen molar-refractivity contribution in [2.24, 2.45) is 40.4 Å². The molecule has 4 aliphatic rings. The molecule has 0 aromatic carbocycles. The van der Waals surface area contributed by atoms with E-state index in [4.69, 9.17) is 0 Å². The molecule has 0 aromatic rings. The molecule has 4 rings (SSSR count). The summed E-state index contributed by atoms with van der Waals surface area (Å²) in [5, 5.41) is 0. The van der Waals surface area contributed by atoms with E-state index >= 15 is 0 Å². The standard InChI is InChI=1S/C26H46N2O/c1-17(28(7)18(2)29)22-10-11-23-21-9-8-19-16-20(27(5)6)12-14-25(19,3)24(21)13-15-26(22,23)4/h17,19-24H,8-16H2,1-7H3/t17?,19-,20-,21-,22-,23-,24-,25-,26+/m0/s1. The monoisotopic (exact) mass is 402 g/mol. The van der Waals surface area contributed by atoms with Gasteiger partial charge in [-0.15, -0.1) is 0 Å². The lowest BCUT2D eigenvalue weighted by molar-refractivity contribution is -0.135. The molecule has 3 heteroatoms. The number of fused-ring (bicyclic) bond motifs is 5. The van der Waals surface area contributed by atoms with Crippen molar-refractivity contribution in [3.8, 4) is 0 Å². The lowest BCUT2D eigenvalue weighted by Crippen LogP contribution is -2.56. The van der Waals surface area contributed by atoms with Crippen LogP contribution in [0, 0.1) is 40.4 Å². The van der Waals surface area contributed by atoms with Crippen molar-refractivity contribution in [3.05, 3.63) is 0 Å². The maximum Gasteiger partial charge on any atom is 0.219 e. The largest absolute Gasteiger partial charge is 0.343 e. The van der Waals surface area contributed by atoms with Crippen molar-refractivity contribution in [1.29, 1.82) is 0 Å². The Bertz CT molecular complexity index is 632. The van der Waals surface area contributed by atoms with Gasteiger partial charge in [0.1, 0.15) is 0 Å². The number of rotatable bonds is 3. The van der Waals surface area contributed by atoms with E-state index in [-0.39, 0.29) is 5.91 Å². The maximum absolute atomic E-state index is 12.0. The predicted octanol–water partition coefficient (Wildman–Crippen LogP) is 5.44. The fourth-order valence-electron chi connectivity index (χ4n) is 9.09. The zero-order valence-electron chi connectivity index (χ0n) is 20.2. The van der Waals surface area contributed by atoms with Crippen LogP contribution in [0.15, 0.2) is 0 Å². The SMILES string of the molecule is CC(=O)N(C)C(C)[C@@H]1CC[C@H]2[C@@H]3CC[C@H]4C[C@@H](N(C)C)CC[C@]4(C)[C@H]3CC[C@]12C. The highest BCUT2D eigenvalue weighted by atomic mass is 16.2. The van der Waals surface area contributed by atoms with Gasteiger partial charge in [0.25, 0.3) is 0 Å². The van der Waals surface area contributed by atoms with Crippen LogP contribution in [0.3, 0.4) is 0 Å². The number of carbonyl (C=O) groups is 1. The van der Waals surface area contributed by atoms with E-state index in [1.165, 1.54) is 57.8 Å². The van der Waals surface area contributed by atoms with Crippen LogP contribution in [0.4, 0.5) is 0 Å². The summed E-state index contributed by atoms with van der Waals surface area (Å²) in [5.74, 6) is 4.61. The zero-order valence-corrected chi connectivity index (χ0v) is 20.2. The van der Waals surface area contributed by atoms with Gasteiger partial charge < -0.3 is 9.80 Å². The Morgan fingerprint density at radius 1 is 0.897 bits per heavy atom. The van der Waals surface area contributed by atoms with E-state index in [2.05, 4.69) is 39.8 Å². The van der Waals surface area contributed by atoms with E-state index in [0.717, 1.165) is 29.7 Å². The molecular weight excluding hydrogens is 356 g/mol. The Hall–Kier alpha value is -0.570. The summed E-state index contributed by atoms with van der Waals surface area (Å²) in [5.41, 5.74) is 1.02. The molecule has 1 unspecified atom stereocenters. The van der Waals surface area contributed by atoms with E-state index in [0.29, 0.717) is 22.8 Å². The van der Waals surface area contributed by atoms with Crippen molar-refractivity contribution in [1.82, 2.24) is 9.80 Å². The summed E-state index contributed by atoms with van der Waals surface area (Å²) in [6.45, 7) is 9.33. The van der Waals surface area contributed by atoms with Gasteiger partial charge in [-0.05, 0) is 119 Å². The molecule has 9 atom stereocenters. The van der Waals surface area contributed by atoms with E-state index in [9.17, 15) is 4.79 Å². The summed E-state index contributed by atoms with van der Waals surface area (Å²) in [7, 11) is 6.58. The molecule has 4 fully saturated rings. The summed E-state index contributed by atoms with van der Waals surface area (Å²) in [4.78, 5) is 16.5. The number of nitrogens with zero attached hydrogens (tertiary/aromatic N) is 2. The van der Waals surface area contributed by atoms with Gasteiger partial charge in [-0.2, -0.15) is 0 Å². The average molecular weight is 403 g/mol. The van der Waals surface area contributed by atoms with Crippen LogP contribution in [-0.2, 0) is 4.79 Å². The second kappa shape index (κ2) is 7.53. The number of hydrogen-bond acceptors (Lipinski definition) is 2. The normalized spacial score (nSPS) is 47.9. The highest BCUT2D eigenvalue weighted by Gasteiger charge is 2.61. The van der Waals surface area contributed by atoms with Crippen molar-refractivity contribution >= 4 is 5.91 Å². The highest BCUT2D eigenvalue weighted by Crippen LogP contribution is 2.68. The van der Waals surface area contributed by atoms with Crippen LogP contribution in [0.1, 0.15) is 85.5 Å². The van der Waals surface area contributed by atoms with Crippen LogP contribution < -0.4 is 0 Å². The lowest BCUT2D eigenvalue weighted by Gasteiger charge is -2.62.